The maximum atomic E-state index is 14.1. The molecule has 4 heterocycles. The number of rotatable bonds is 11. The molecule has 0 bridgehead atoms. The Labute approximate surface area is 364 Å². The summed E-state index contributed by atoms with van der Waals surface area (Å²) in [7, 11) is 2.46. The van der Waals surface area contributed by atoms with Gasteiger partial charge in [0, 0.05) is 47.6 Å². The van der Waals surface area contributed by atoms with E-state index in [4.69, 9.17) is 5.73 Å². The molecule has 3 aromatic heterocycles. The van der Waals surface area contributed by atoms with E-state index in [1.165, 1.54) is 40.3 Å². The highest BCUT2D eigenvalue weighted by Crippen LogP contribution is 2.23. The Hall–Kier alpha value is -6.16. The minimum Gasteiger partial charge on any atom is -0.481 e. The highest BCUT2D eigenvalue weighted by Gasteiger charge is 2.34. The van der Waals surface area contributed by atoms with Crippen molar-refractivity contribution in [1.82, 2.24) is 46.1 Å². The summed E-state index contributed by atoms with van der Waals surface area (Å²) in [4.78, 5) is 110. The number of nitrogens with two attached hydrogens (primary N) is 1. The minimum atomic E-state index is -1.66. The SMILES string of the molecule is C[C@@H]1NC(=O)C(CC(=O)O)NC(=O)CNC(=O)[C@H](CCCC[n+]2ccn3ncccc32)NC(=O)CCSSCC(C(N)=O)NC(=O)[C@H](C)N(CCc2c[nH]c3ccccc23)C1=O. The number of carbonyl (C=O) groups excluding carboxylic acids is 7. The molecule has 2 unspecified atom stereocenters. The van der Waals surface area contributed by atoms with Gasteiger partial charge in [0.2, 0.25) is 41.4 Å². The number of fused-ring (bicyclic) bond motifs is 2. The number of carboxylic acids is 1. The molecule has 0 saturated carbocycles. The largest absolute Gasteiger partial charge is 0.481 e. The fourth-order valence-electron chi connectivity index (χ4n) is 6.85. The van der Waals surface area contributed by atoms with Crippen LogP contribution in [0, 0.1) is 0 Å². The van der Waals surface area contributed by atoms with Crippen molar-refractivity contribution in [2.75, 3.05) is 24.6 Å². The Morgan fingerprint density at radius 2 is 1.69 bits per heavy atom. The first-order valence-electron chi connectivity index (χ1n) is 20.1. The van der Waals surface area contributed by atoms with Gasteiger partial charge in [-0.25, -0.2) is 4.57 Å². The van der Waals surface area contributed by atoms with Crippen molar-refractivity contribution in [3.8, 4) is 0 Å². The third-order valence-corrected chi connectivity index (χ3v) is 12.6. The Kier molecular flexibility index (Phi) is 17.1. The second-order valence-corrected chi connectivity index (χ2v) is 17.4. The number of aryl methyl sites for hydroxylation is 1. The van der Waals surface area contributed by atoms with Crippen molar-refractivity contribution in [3.05, 3.63) is 66.7 Å². The van der Waals surface area contributed by atoms with Gasteiger partial charge in [0.25, 0.3) is 0 Å². The number of amides is 7. The summed E-state index contributed by atoms with van der Waals surface area (Å²) in [6, 6.07) is 4.94. The number of hydrogen-bond acceptors (Lipinski definition) is 11. The van der Waals surface area contributed by atoms with Crippen LogP contribution < -0.4 is 36.9 Å². The third kappa shape index (κ3) is 13.2. The number of aliphatic carboxylic acids is 1. The monoisotopic (exact) mass is 894 g/mol. The molecule has 20 nitrogen and oxygen atoms in total. The highest BCUT2D eigenvalue weighted by molar-refractivity contribution is 8.76. The van der Waals surface area contributed by atoms with Crippen LogP contribution in [-0.2, 0) is 51.3 Å². The number of nitrogens with zero attached hydrogens (tertiary/aromatic N) is 4. The minimum absolute atomic E-state index is 0.000550. The van der Waals surface area contributed by atoms with E-state index in [0.717, 1.165) is 22.1 Å². The number of unbranched alkanes of at least 4 members (excludes halogenated alkanes) is 1. The normalized spacial score (nSPS) is 22.0. The standard InChI is InChI=1S/C40H51N11O9S2/c1-24-40(60)50(16-12-26-21-42-28-9-4-3-8-27(26)28)25(2)37(57)48-31(36(41)56)23-62-61-19-13-32(52)46-29(10-5-6-15-49-17-18-51-34(49)11-7-14-44-51)38(58)43-22-33(53)47-30(20-35(54)55)39(59)45-24/h3-4,7-9,11,14,17-18,21,24-25,29-31,42H,5-6,10,12-13,15-16,19-20,22-23H2,1-2H3,(H7-,41,43,45,46,47,48,52,53,54,55,56,57,58,59)/p+1/t24-,25-,29-,30?,31?/m0/s1. The summed E-state index contributed by atoms with van der Waals surface area (Å²) in [5.74, 6) is -6.34. The molecule has 0 radical (unpaired) electrons. The van der Waals surface area contributed by atoms with E-state index >= 15 is 0 Å². The van der Waals surface area contributed by atoms with Crippen molar-refractivity contribution < 1.29 is 48.0 Å². The van der Waals surface area contributed by atoms with Crippen LogP contribution in [0.1, 0.15) is 51.5 Å². The molecule has 5 rings (SSSR count). The Balaban J connectivity index is 1.31. The van der Waals surface area contributed by atoms with Crippen LogP contribution in [0.3, 0.4) is 0 Å². The van der Waals surface area contributed by atoms with E-state index in [9.17, 15) is 43.5 Å². The van der Waals surface area contributed by atoms with E-state index in [1.54, 1.807) is 16.9 Å². The van der Waals surface area contributed by atoms with Gasteiger partial charge in [0.1, 0.15) is 36.4 Å². The van der Waals surface area contributed by atoms with E-state index in [-0.39, 0.29) is 30.9 Å². The maximum Gasteiger partial charge on any atom is 0.307 e. The van der Waals surface area contributed by atoms with Crippen LogP contribution in [0.5, 0.6) is 0 Å². The van der Waals surface area contributed by atoms with Gasteiger partial charge in [-0.2, -0.15) is 0 Å². The molecule has 1 aliphatic heterocycles. The molecular formula is C40H52N11O9S2+. The predicted octanol–water partition coefficient (Wildman–Crippen LogP) is -0.446. The van der Waals surface area contributed by atoms with Gasteiger partial charge >= 0.3 is 11.6 Å². The van der Waals surface area contributed by atoms with Crippen molar-refractivity contribution in [2.45, 2.75) is 89.1 Å². The van der Waals surface area contributed by atoms with Crippen molar-refractivity contribution in [3.63, 3.8) is 0 Å². The number of primary amides is 1. The number of benzene rings is 1. The van der Waals surface area contributed by atoms with E-state index in [1.807, 2.05) is 53.4 Å². The second-order valence-electron chi connectivity index (χ2n) is 14.7. The number of nitrogens with one attached hydrogen (secondary N) is 6. The van der Waals surface area contributed by atoms with E-state index in [2.05, 4.69) is 36.7 Å². The van der Waals surface area contributed by atoms with E-state index < -0.39 is 90.5 Å². The molecule has 22 heteroatoms. The Bertz CT molecular complexity index is 2270. The summed E-state index contributed by atoms with van der Waals surface area (Å²) in [6.45, 7) is 2.78. The van der Waals surface area contributed by atoms with Crippen LogP contribution in [0.2, 0.25) is 0 Å². The van der Waals surface area contributed by atoms with Crippen LogP contribution in [0.15, 0.2) is 61.2 Å². The third-order valence-electron chi connectivity index (χ3n) is 10.2. The van der Waals surface area contributed by atoms with Gasteiger partial charge in [0.05, 0.1) is 25.7 Å². The van der Waals surface area contributed by atoms with Crippen molar-refractivity contribution in [1.29, 1.82) is 0 Å². The summed E-state index contributed by atoms with van der Waals surface area (Å²) in [5.41, 5.74) is 8.26. The van der Waals surface area contributed by atoms with Crippen LogP contribution >= 0.6 is 21.6 Å². The molecule has 7 amide bonds. The van der Waals surface area contributed by atoms with E-state index in [0.29, 0.717) is 25.8 Å². The first kappa shape index (κ1) is 46.9. The molecule has 5 atom stereocenters. The number of para-hydroxylation sites is 1. The molecule has 1 fully saturated rings. The number of carbonyl (C=O) groups is 8. The molecule has 4 aromatic rings. The highest BCUT2D eigenvalue weighted by atomic mass is 33.1. The zero-order valence-corrected chi connectivity index (χ0v) is 36.0. The molecule has 1 aromatic carbocycles. The van der Waals surface area contributed by atoms with Crippen molar-refractivity contribution in [2.24, 2.45) is 5.73 Å². The average molecular weight is 895 g/mol. The number of aromatic amines is 1. The lowest BCUT2D eigenvalue weighted by Gasteiger charge is -2.32. The molecule has 332 valence electrons. The Morgan fingerprint density at radius 1 is 0.919 bits per heavy atom. The van der Waals surface area contributed by atoms with Crippen LogP contribution in [-0.4, -0.2) is 127 Å². The molecule has 0 aliphatic carbocycles. The molecule has 1 saturated heterocycles. The molecular weight excluding hydrogens is 843 g/mol. The summed E-state index contributed by atoms with van der Waals surface area (Å²) in [5, 5.41) is 27.4. The Morgan fingerprint density at radius 3 is 2.47 bits per heavy atom. The number of H-pyrrole nitrogens is 1. The molecule has 1 aliphatic rings. The lowest BCUT2D eigenvalue weighted by molar-refractivity contribution is -0.671. The fourth-order valence-corrected chi connectivity index (χ4v) is 9.02. The molecule has 62 heavy (non-hydrogen) atoms. The lowest BCUT2D eigenvalue weighted by atomic mass is 10.1. The van der Waals surface area contributed by atoms with Gasteiger partial charge in [0.15, 0.2) is 6.20 Å². The fraction of sp³-hybridized carbons (Fsp3) is 0.450. The van der Waals surface area contributed by atoms with Gasteiger partial charge in [-0.15, -0.1) is 4.52 Å². The zero-order chi connectivity index (χ0) is 44.8. The zero-order valence-electron chi connectivity index (χ0n) is 34.3. The van der Waals surface area contributed by atoms with Gasteiger partial charge in [-0.1, -0.05) is 44.9 Å². The average Bonchev–Trinajstić information content (AvgIpc) is 3.86. The number of carboxylic acid groups (broad SMARTS) is 1. The number of imidazole rings is 1. The van der Waals surface area contributed by atoms with Crippen LogP contribution in [0.25, 0.3) is 16.6 Å². The summed E-state index contributed by atoms with van der Waals surface area (Å²) < 4.78 is 3.73. The lowest BCUT2D eigenvalue weighted by Crippen LogP contribution is -2.59. The number of aromatic nitrogens is 4. The molecule has 0 spiro atoms. The number of hydrogen-bond donors (Lipinski definition) is 8. The van der Waals surface area contributed by atoms with Crippen LogP contribution in [0.4, 0.5) is 0 Å². The smallest absolute Gasteiger partial charge is 0.307 e. The summed E-state index contributed by atoms with van der Waals surface area (Å²) in [6.07, 6.45) is 7.96. The first-order valence-corrected chi connectivity index (χ1v) is 22.6. The van der Waals surface area contributed by atoms with Crippen molar-refractivity contribution >= 4 is 85.5 Å². The van der Waals surface area contributed by atoms with Gasteiger partial charge < -0.3 is 47.3 Å². The molecule has 9 N–H and O–H groups in total. The van der Waals surface area contributed by atoms with Gasteiger partial charge in [-0.05, 0) is 57.2 Å². The first-order chi connectivity index (χ1) is 29.7. The van der Waals surface area contributed by atoms with Gasteiger partial charge in [-0.3, -0.25) is 38.4 Å². The summed E-state index contributed by atoms with van der Waals surface area (Å²) >= 11 is 0. The quantitative estimate of drug-likeness (QED) is 0.0541. The predicted molar refractivity (Wildman–Crippen MR) is 230 cm³/mol. The second kappa shape index (κ2) is 22.6. The maximum absolute atomic E-state index is 14.1. The topological polar surface area (TPSA) is 283 Å².